The lowest BCUT2D eigenvalue weighted by atomic mass is 10.0. The van der Waals surface area contributed by atoms with E-state index < -0.39 is 231 Å². The lowest BCUT2D eigenvalue weighted by molar-refractivity contribution is -0.148. The molecule has 0 aliphatic carbocycles. The van der Waals surface area contributed by atoms with E-state index in [0.717, 1.165) is 30.4 Å². The first-order chi connectivity index (χ1) is 46.8. The maximum atomic E-state index is 14.9. The summed E-state index contributed by atoms with van der Waals surface area (Å²) >= 11 is 2.14. The van der Waals surface area contributed by atoms with Gasteiger partial charge in [-0.3, -0.25) is 82.1 Å². The van der Waals surface area contributed by atoms with Crippen LogP contribution in [-0.2, 0) is 88.2 Å². The first-order valence-corrected chi connectivity index (χ1v) is 34.7. The van der Waals surface area contributed by atoms with Crippen molar-refractivity contribution >= 4 is 124 Å². The van der Waals surface area contributed by atoms with Crippen molar-refractivity contribution in [1.82, 2.24) is 68.3 Å². The second kappa shape index (κ2) is 39.3. The molecule has 0 saturated carbocycles. The molecule has 4 heterocycles. The lowest BCUT2D eigenvalue weighted by Crippen LogP contribution is -2.61. The van der Waals surface area contributed by atoms with Gasteiger partial charge in [-0.1, -0.05) is 38.1 Å². The molecule has 36 nitrogen and oxygen atoms in total. The molecule has 38 heteroatoms. The Balaban J connectivity index is 1.71. The smallest absolute Gasteiger partial charge is 0.305 e. The molecule has 12 atom stereocenters. The fraction of sp³-hybridized carbons (Fsp3) is 0.623. The molecular formula is C61H90N16O20S2. The quantitative estimate of drug-likeness (QED) is 0.0371. The van der Waals surface area contributed by atoms with E-state index in [1.807, 2.05) is 0 Å². The van der Waals surface area contributed by atoms with Crippen molar-refractivity contribution in [2.75, 3.05) is 37.7 Å². The molecule has 2 bridgehead atoms. The monoisotopic (exact) mass is 1430 g/mol. The number of aliphatic hydroxyl groups is 1. The van der Waals surface area contributed by atoms with Gasteiger partial charge in [-0.25, -0.2) is 0 Å². The Hall–Kier alpha value is -9.33. The number of carboxylic acids is 3. The Morgan fingerprint density at radius 1 is 0.556 bits per heavy atom. The molecule has 0 spiro atoms. The van der Waals surface area contributed by atoms with Crippen LogP contribution in [0.15, 0.2) is 24.3 Å². The number of carbonyl (C=O) groups excluding carboxylic acids is 13. The fourth-order valence-electron chi connectivity index (χ4n) is 11.3. The molecule has 2 fully saturated rings. The minimum absolute atomic E-state index is 0.0129. The summed E-state index contributed by atoms with van der Waals surface area (Å²) in [4.78, 5) is 225. The molecule has 13 amide bonds. The topological polar surface area (TPSA) is 569 Å². The molecule has 99 heavy (non-hydrogen) atoms. The zero-order chi connectivity index (χ0) is 73.2. The lowest BCUT2D eigenvalue weighted by Gasteiger charge is -2.34. The van der Waals surface area contributed by atoms with Crippen LogP contribution in [0.25, 0.3) is 0 Å². The van der Waals surface area contributed by atoms with Crippen LogP contribution in [0.2, 0.25) is 0 Å². The molecule has 0 aromatic heterocycles. The first kappa shape index (κ1) is 80.4. The van der Waals surface area contributed by atoms with E-state index in [2.05, 4.69) is 58.5 Å². The van der Waals surface area contributed by atoms with Gasteiger partial charge in [0, 0.05) is 61.9 Å². The summed E-state index contributed by atoms with van der Waals surface area (Å²) in [5.74, 6) is -19.5. The number of carbonyl (C=O) groups is 16. The molecular weight excluding hydrogens is 1340 g/mol. The number of fused-ring (bicyclic) bond motifs is 8. The van der Waals surface area contributed by atoms with Gasteiger partial charge in [-0.15, -0.1) is 0 Å². The van der Waals surface area contributed by atoms with Gasteiger partial charge in [0.1, 0.15) is 66.5 Å². The van der Waals surface area contributed by atoms with Gasteiger partial charge in [0.25, 0.3) is 0 Å². The predicted molar refractivity (Wildman–Crippen MR) is 353 cm³/mol. The van der Waals surface area contributed by atoms with Gasteiger partial charge in [0.15, 0.2) is 5.96 Å². The number of nitrogens with zero attached hydrogens (tertiary/aromatic N) is 2. The van der Waals surface area contributed by atoms with Crippen LogP contribution in [0.3, 0.4) is 0 Å². The highest BCUT2D eigenvalue weighted by atomic mass is 32.2. The molecule has 0 unspecified atom stereocenters. The molecule has 2 saturated heterocycles. The molecule has 1 aromatic carbocycles. The van der Waals surface area contributed by atoms with Crippen molar-refractivity contribution in [3.63, 3.8) is 0 Å². The molecule has 546 valence electrons. The van der Waals surface area contributed by atoms with Crippen LogP contribution in [0.5, 0.6) is 0 Å². The van der Waals surface area contributed by atoms with Crippen LogP contribution in [0.4, 0.5) is 0 Å². The highest BCUT2D eigenvalue weighted by Crippen LogP contribution is 2.28. The number of benzene rings is 1. The number of carboxylic acid groups (broad SMARTS) is 3. The van der Waals surface area contributed by atoms with E-state index in [0.29, 0.717) is 17.5 Å². The van der Waals surface area contributed by atoms with Gasteiger partial charge in [-0.2, -0.15) is 23.5 Å². The number of aliphatic hydroxyl groups excluding tert-OH is 1. The van der Waals surface area contributed by atoms with Gasteiger partial charge in [-0.05, 0) is 88.2 Å². The Labute approximate surface area is 577 Å². The van der Waals surface area contributed by atoms with E-state index in [1.165, 1.54) is 9.80 Å². The summed E-state index contributed by atoms with van der Waals surface area (Å²) in [6.45, 7) is 3.52. The summed E-state index contributed by atoms with van der Waals surface area (Å²) in [5.41, 5.74) is 12.2. The van der Waals surface area contributed by atoms with E-state index in [1.54, 1.807) is 38.1 Å². The standard InChI is InChI=1S/C61H90N16O20S2/c1-30(2)23-39-59(96)77-22-8-13-43(77)60(97)76-21-7-12-42(76)57(94)70-36(14-17-44(62)79)52(89)74-40-28-98-26-32-9-4-5-10-33(32)27-99-29-41(56(93)72-39)73-51(88)35(15-18-46(81)82)67-45(80)25-66-58(95)49(31(3)78)75-53(90)37(16-19-47(83)84)69-50(87)34(11-6-20-65-61(63)64)68-54(91)38(24-48(85)86)71-55(40)92/h4-5,9-10,30-31,34-43,49,78H,6-8,11-29H2,1-3H3,(H2,62,79)(H,66,95)(H,67,80)(H,68,91)(H,69,87)(H,70,94)(H,71,92)(H,72,93)(H,73,88)(H,74,89)(H,75,90)(H,81,82)(H,83,84)(H,85,86)(H4,63,64,65)/t31-,34+,35+,36+,37+,38+,39+,40+,41+,42+,43-,49+/m1/s1. The van der Waals surface area contributed by atoms with Crippen LogP contribution in [-0.4, -0.2) is 241 Å². The molecule has 4 aliphatic rings. The predicted octanol–water partition coefficient (Wildman–Crippen LogP) is -5.20. The SMILES string of the molecule is CC(C)C[C@@H]1NC(=O)[C@@H]2CSCc3ccccc3CSC[C@H](NC(=O)[C@H](CCC(N)=O)NC(=O)[C@@H]3CCCN3C(=O)[C@H]3CCCN3C1=O)C(=O)N[C@@H](CC(=O)O)C(=O)N[C@@H](CCCNC(=N)N)C(=O)N[C@@H](CCC(=O)O)C(=O)N[C@@H]([C@@H](C)O)C(=O)NCC(=O)N[C@@H](CCC(=O)O)C(=O)N2. The van der Waals surface area contributed by atoms with E-state index >= 15 is 0 Å². The Bertz CT molecular complexity index is 3180. The maximum Gasteiger partial charge on any atom is 0.305 e. The average molecular weight is 1430 g/mol. The van der Waals surface area contributed by atoms with Crippen LogP contribution in [0.1, 0.15) is 122 Å². The van der Waals surface area contributed by atoms with Crippen LogP contribution >= 0.6 is 23.5 Å². The summed E-state index contributed by atoms with van der Waals surface area (Å²) in [6, 6.07) is -11.4. The number of primary amides is 1. The van der Waals surface area contributed by atoms with Crippen molar-refractivity contribution in [1.29, 1.82) is 5.41 Å². The summed E-state index contributed by atoms with van der Waals surface area (Å²) < 4.78 is 0. The van der Waals surface area contributed by atoms with Crippen molar-refractivity contribution in [2.24, 2.45) is 17.4 Å². The first-order valence-electron chi connectivity index (χ1n) is 32.4. The van der Waals surface area contributed by atoms with Crippen molar-refractivity contribution < 1.29 is 97.1 Å². The molecule has 1 aromatic rings. The van der Waals surface area contributed by atoms with Gasteiger partial charge in [0.2, 0.25) is 76.8 Å². The average Bonchev–Trinajstić information content (AvgIpc) is 1.69. The maximum absolute atomic E-state index is 14.9. The number of aliphatic carboxylic acids is 3. The Morgan fingerprint density at radius 3 is 1.52 bits per heavy atom. The third-order valence-electron chi connectivity index (χ3n) is 16.5. The number of guanidine groups is 1. The number of rotatable bonds is 18. The number of thioether (sulfide) groups is 2. The van der Waals surface area contributed by atoms with Crippen molar-refractivity contribution in [2.45, 2.75) is 195 Å². The Kier molecular flexibility index (Phi) is 31.9. The van der Waals surface area contributed by atoms with Gasteiger partial charge < -0.3 is 100 Å². The molecule has 4 aliphatic heterocycles. The van der Waals surface area contributed by atoms with Crippen molar-refractivity contribution in [3.05, 3.63) is 35.4 Å². The summed E-state index contributed by atoms with van der Waals surface area (Å²) in [7, 11) is 0. The highest BCUT2D eigenvalue weighted by molar-refractivity contribution is 7.99. The number of nitrogens with two attached hydrogens (primary N) is 2. The van der Waals surface area contributed by atoms with Crippen LogP contribution in [0, 0.1) is 11.3 Å². The summed E-state index contributed by atoms with van der Waals surface area (Å²) in [6.07, 6.45) is -6.48. The largest absolute Gasteiger partial charge is 0.481 e. The third kappa shape index (κ3) is 25.8. The third-order valence-corrected chi connectivity index (χ3v) is 18.6. The van der Waals surface area contributed by atoms with Crippen molar-refractivity contribution in [3.8, 4) is 0 Å². The normalized spacial score (nSPS) is 26.3. The zero-order valence-electron chi connectivity index (χ0n) is 55.1. The zero-order valence-corrected chi connectivity index (χ0v) is 56.7. The van der Waals surface area contributed by atoms with E-state index in [9.17, 15) is 97.1 Å². The highest BCUT2D eigenvalue weighted by Gasteiger charge is 2.45. The van der Waals surface area contributed by atoms with Crippen LogP contribution < -0.4 is 70.0 Å². The number of hydrogen-bond donors (Lipinski definition) is 18. The minimum Gasteiger partial charge on any atom is -0.481 e. The van der Waals surface area contributed by atoms with Gasteiger partial charge >= 0.3 is 17.9 Å². The second-order valence-electron chi connectivity index (χ2n) is 24.8. The molecule has 0 radical (unpaired) electrons. The number of nitrogens with one attached hydrogen (secondary N) is 12. The molecule has 20 N–H and O–H groups in total. The van der Waals surface area contributed by atoms with E-state index in [4.69, 9.17) is 16.9 Å². The van der Waals surface area contributed by atoms with E-state index in [-0.39, 0.29) is 80.7 Å². The molecule has 5 rings (SSSR count). The van der Waals surface area contributed by atoms with Gasteiger partial charge in [0.05, 0.1) is 19.1 Å². The number of amides is 13. The number of hydrogen-bond acceptors (Lipinski definition) is 20. The second-order valence-corrected chi connectivity index (χ2v) is 26.8. The minimum atomic E-state index is -2.09. The Morgan fingerprint density at radius 2 is 1.01 bits per heavy atom. The summed E-state index contributed by atoms with van der Waals surface area (Å²) in [5, 5.41) is 74.7. The fourth-order valence-corrected chi connectivity index (χ4v) is 13.5.